The molecular weight excluding hydrogens is 198 g/mol. The van der Waals surface area contributed by atoms with Crippen molar-refractivity contribution in [2.75, 3.05) is 13.2 Å². The molecule has 1 aliphatic rings. The van der Waals surface area contributed by atoms with Crippen molar-refractivity contribution in [1.29, 1.82) is 0 Å². The monoisotopic (exact) mass is 219 g/mol. The Balaban J connectivity index is 2.19. The van der Waals surface area contributed by atoms with Crippen molar-refractivity contribution in [1.82, 2.24) is 5.32 Å². The molecule has 0 saturated carbocycles. The van der Waals surface area contributed by atoms with Gasteiger partial charge in [-0.15, -0.1) is 0 Å². The summed E-state index contributed by atoms with van der Waals surface area (Å²) in [5.41, 5.74) is 4.06. The van der Waals surface area contributed by atoms with E-state index in [9.17, 15) is 5.11 Å². The molecule has 2 unspecified atom stereocenters. The van der Waals surface area contributed by atoms with Crippen LogP contribution in [-0.2, 0) is 0 Å². The molecule has 2 N–H and O–H groups in total. The molecule has 88 valence electrons. The zero-order chi connectivity index (χ0) is 11.5. The van der Waals surface area contributed by atoms with E-state index in [-0.39, 0.29) is 0 Å². The van der Waals surface area contributed by atoms with Gasteiger partial charge in [-0.05, 0) is 50.3 Å². The van der Waals surface area contributed by atoms with Gasteiger partial charge in [-0.2, -0.15) is 0 Å². The Morgan fingerprint density at radius 2 is 2.19 bits per heavy atom. The third-order valence-electron chi connectivity index (χ3n) is 3.58. The van der Waals surface area contributed by atoms with E-state index in [0.717, 1.165) is 19.4 Å². The standard InChI is InChI=1S/C14H21NO/c1-10-3-4-11(2)13(7-10)14-8-12(9-16)5-6-15-14/h3-4,7,12,14-16H,5-6,8-9H2,1-2H3. The lowest BCUT2D eigenvalue weighted by atomic mass is 9.87. The van der Waals surface area contributed by atoms with Gasteiger partial charge in [0.2, 0.25) is 0 Å². The molecule has 0 radical (unpaired) electrons. The zero-order valence-corrected chi connectivity index (χ0v) is 10.2. The molecule has 0 amide bonds. The van der Waals surface area contributed by atoms with Crippen LogP contribution in [0, 0.1) is 19.8 Å². The SMILES string of the molecule is Cc1ccc(C)c(C2CC(CO)CCN2)c1. The topological polar surface area (TPSA) is 32.3 Å². The average Bonchev–Trinajstić information content (AvgIpc) is 2.32. The lowest BCUT2D eigenvalue weighted by Crippen LogP contribution is -2.33. The molecule has 1 aliphatic heterocycles. The summed E-state index contributed by atoms with van der Waals surface area (Å²) in [6, 6.07) is 7.04. The van der Waals surface area contributed by atoms with Gasteiger partial charge >= 0.3 is 0 Å². The van der Waals surface area contributed by atoms with Crippen molar-refractivity contribution >= 4 is 0 Å². The van der Waals surface area contributed by atoms with Crippen LogP contribution in [-0.4, -0.2) is 18.3 Å². The fourth-order valence-electron chi connectivity index (χ4n) is 2.53. The van der Waals surface area contributed by atoms with Crippen LogP contribution < -0.4 is 5.32 Å². The zero-order valence-electron chi connectivity index (χ0n) is 10.2. The molecule has 16 heavy (non-hydrogen) atoms. The molecular formula is C14H21NO. The first-order valence-corrected chi connectivity index (χ1v) is 6.12. The fourth-order valence-corrected chi connectivity index (χ4v) is 2.53. The van der Waals surface area contributed by atoms with Gasteiger partial charge in [0.25, 0.3) is 0 Å². The summed E-state index contributed by atoms with van der Waals surface area (Å²) in [6.45, 7) is 5.64. The van der Waals surface area contributed by atoms with E-state index in [0.29, 0.717) is 18.6 Å². The molecule has 1 aromatic rings. The van der Waals surface area contributed by atoms with Crippen LogP contribution >= 0.6 is 0 Å². The lowest BCUT2D eigenvalue weighted by Gasteiger charge is -2.30. The number of hydrogen-bond donors (Lipinski definition) is 2. The quantitative estimate of drug-likeness (QED) is 0.800. The summed E-state index contributed by atoms with van der Waals surface area (Å²) in [5.74, 6) is 0.464. The molecule has 0 spiro atoms. The Morgan fingerprint density at radius 1 is 1.38 bits per heavy atom. The number of piperidine rings is 1. The lowest BCUT2D eigenvalue weighted by molar-refractivity contribution is 0.176. The Morgan fingerprint density at radius 3 is 2.94 bits per heavy atom. The Labute approximate surface area is 97.7 Å². The Hall–Kier alpha value is -0.860. The molecule has 0 aliphatic carbocycles. The van der Waals surface area contributed by atoms with E-state index >= 15 is 0 Å². The molecule has 2 nitrogen and oxygen atoms in total. The third kappa shape index (κ3) is 2.45. The third-order valence-corrected chi connectivity index (χ3v) is 3.58. The number of aliphatic hydroxyl groups is 1. The van der Waals surface area contributed by atoms with Gasteiger partial charge in [0.15, 0.2) is 0 Å². The summed E-state index contributed by atoms with van der Waals surface area (Å²) >= 11 is 0. The van der Waals surface area contributed by atoms with Crippen molar-refractivity contribution in [3.63, 3.8) is 0 Å². The van der Waals surface area contributed by atoms with Gasteiger partial charge in [-0.1, -0.05) is 23.8 Å². The number of rotatable bonds is 2. The number of benzene rings is 1. The van der Waals surface area contributed by atoms with Crippen LogP contribution in [0.5, 0.6) is 0 Å². The maximum atomic E-state index is 9.25. The highest BCUT2D eigenvalue weighted by Gasteiger charge is 2.23. The van der Waals surface area contributed by atoms with E-state index in [2.05, 4.69) is 37.4 Å². The minimum absolute atomic E-state index is 0.322. The normalized spacial score (nSPS) is 25.7. The Bertz CT molecular complexity index is 362. The summed E-state index contributed by atoms with van der Waals surface area (Å²) in [7, 11) is 0. The van der Waals surface area contributed by atoms with Crippen molar-refractivity contribution in [2.45, 2.75) is 32.7 Å². The summed E-state index contributed by atoms with van der Waals surface area (Å²) in [5, 5.41) is 12.8. The molecule has 1 fully saturated rings. The second kappa shape index (κ2) is 4.98. The maximum absolute atomic E-state index is 9.25. The van der Waals surface area contributed by atoms with Crippen molar-refractivity contribution in [2.24, 2.45) is 5.92 Å². The smallest absolute Gasteiger partial charge is 0.0460 e. The van der Waals surface area contributed by atoms with E-state index in [1.165, 1.54) is 16.7 Å². The van der Waals surface area contributed by atoms with Gasteiger partial charge in [0, 0.05) is 12.6 Å². The number of aryl methyl sites for hydroxylation is 2. The van der Waals surface area contributed by atoms with Crippen molar-refractivity contribution in [3.8, 4) is 0 Å². The first-order chi connectivity index (χ1) is 7.70. The van der Waals surface area contributed by atoms with E-state index in [1.807, 2.05) is 0 Å². The van der Waals surface area contributed by atoms with Crippen LogP contribution in [0.2, 0.25) is 0 Å². The van der Waals surface area contributed by atoms with E-state index in [1.54, 1.807) is 0 Å². The van der Waals surface area contributed by atoms with E-state index < -0.39 is 0 Å². The van der Waals surface area contributed by atoms with Crippen LogP contribution in [0.4, 0.5) is 0 Å². The highest BCUT2D eigenvalue weighted by Crippen LogP contribution is 2.29. The van der Waals surface area contributed by atoms with Gasteiger partial charge < -0.3 is 10.4 Å². The minimum atomic E-state index is 0.322. The fraction of sp³-hybridized carbons (Fsp3) is 0.571. The average molecular weight is 219 g/mol. The number of aliphatic hydroxyl groups excluding tert-OH is 1. The number of nitrogens with one attached hydrogen (secondary N) is 1. The van der Waals surface area contributed by atoms with Gasteiger partial charge in [-0.25, -0.2) is 0 Å². The predicted molar refractivity (Wildman–Crippen MR) is 66.5 cm³/mol. The summed E-state index contributed by atoms with van der Waals surface area (Å²) in [6.07, 6.45) is 2.15. The second-order valence-electron chi connectivity index (χ2n) is 4.94. The van der Waals surface area contributed by atoms with Gasteiger partial charge in [-0.3, -0.25) is 0 Å². The first kappa shape index (κ1) is 11.6. The van der Waals surface area contributed by atoms with Gasteiger partial charge in [0.05, 0.1) is 0 Å². The molecule has 2 atom stereocenters. The van der Waals surface area contributed by atoms with Crippen LogP contribution in [0.1, 0.15) is 35.6 Å². The molecule has 1 saturated heterocycles. The summed E-state index contributed by atoms with van der Waals surface area (Å²) < 4.78 is 0. The van der Waals surface area contributed by atoms with Crippen LogP contribution in [0.25, 0.3) is 0 Å². The predicted octanol–water partition coefficient (Wildman–Crippen LogP) is 2.34. The first-order valence-electron chi connectivity index (χ1n) is 6.12. The van der Waals surface area contributed by atoms with Crippen LogP contribution in [0.15, 0.2) is 18.2 Å². The largest absolute Gasteiger partial charge is 0.396 e. The molecule has 0 aromatic heterocycles. The molecule has 2 heteroatoms. The highest BCUT2D eigenvalue weighted by molar-refractivity contribution is 5.33. The maximum Gasteiger partial charge on any atom is 0.0460 e. The number of hydrogen-bond acceptors (Lipinski definition) is 2. The summed E-state index contributed by atoms with van der Waals surface area (Å²) in [4.78, 5) is 0. The molecule has 0 bridgehead atoms. The molecule has 1 aromatic carbocycles. The molecule has 1 heterocycles. The van der Waals surface area contributed by atoms with Gasteiger partial charge in [0.1, 0.15) is 0 Å². The van der Waals surface area contributed by atoms with Crippen molar-refractivity contribution < 1.29 is 5.11 Å². The van der Waals surface area contributed by atoms with Crippen molar-refractivity contribution in [3.05, 3.63) is 34.9 Å². The second-order valence-corrected chi connectivity index (χ2v) is 4.94. The van der Waals surface area contributed by atoms with E-state index in [4.69, 9.17) is 0 Å². The minimum Gasteiger partial charge on any atom is -0.396 e. The Kier molecular flexibility index (Phi) is 3.62. The van der Waals surface area contributed by atoms with Crippen LogP contribution in [0.3, 0.4) is 0 Å². The highest BCUT2D eigenvalue weighted by atomic mass is 16.3. The molecule has 2 rings (SSSR count).